The number of hydrogen-bond donors (Lipinski definition) is 5. The van der Waals surface area contributed by atoms with Crippen LogP contribution >= 0.6 is 0 Å². The number of allylic oxidation sites excluding steroid dienone is 1. The van der Waals surface area contributed by atoms with Crippen LogP contribution in [0.1, 0.15) is 34.0 Å². The minimum Gasteiger partial charge on any atom is -0.468 e. The van der Waals surface area contributed by atoms with Gasteiger partial charge in [0.15, 0.2) is 0 Å². The van der Waals surface area contributed by atoms with E-state index in [0.717, 1.165) is 24.0 Å². The number of alkyl halides is 3. The zero-order valence-electron chi connectivity index (χ0n) is 22.8. The van der Waals surface area contributed by atoms with Crippen molar-refractivity contribution in [2.24, 2.45) is 28.1 Å². The molecule has 0 aliphatic rings. The molecular weight excluding hydrogens is 536 g/mol. The Kier molecular flexibility index (Phi) is 20.2. The van der Waals surface area contributed by atoms with Gasteiger partial charge in [-0.3, -0.25) is 10.2 Å². The van der Waals surface area contributed by atoms with Crippen molar-refractivity contribution in [1.29, 1.82) is 5.41 Å². The Morgan fingerprint density at radius 1 is 1.18 bits per heavy atom. The molecule has 0 bridgehead atoms. The van der Waals surface area contributed by atoms with Crippen molar-refractivity contribution in [3.8, 4) is 11.8 Å². The van der Waals surface area contributed by atoms with Gasteiger partial charge in [-0.05, 0) is 44.0 Å². The van der Waals surface area contributed by atoms with Crippen molar-refractivity contribution < 1.29 is 74.5 Å². The van der Waals surface area contributed by atoms with Gasteiger partial charge in [0.1, 0.15) is 12.1 Å². The SMILES string of the molecule is CN.C[N-]C(=NC[C@H](C)CO)/C(C(=N)N)=C(\N)C#Cc1cc(C=O)ccc1C.FC(F)(F)c1ccccc1.[K+]. The number of likely N-dealkylation sites (N-methyl/N-ethyl adjacent to an activating group) is 1. The van der Waals surface area contributed by atoms with Crippen molar-refractivity contribution in [3.63, 3.8) is 0 Å². The van der Waals surface area contributed by atoms with E-state index in [0.29, 0.717) is 17.7 Å². The Balaban J connectivity index is 0. The first-order valence-electron chi connectivity index (χ1n) is 11.3. The van der Waals surface area contributed by atoms with Gasteiger partial charge in [-0.15, -0.1) is 0 Å². The van der Waals surface area contributed by atoms with E-state index in [4.69, 9.17) is 22.0 Å². The molecule has 206 valence electrons. The van der Waals surface area contributed by atoms with Gasteiger partial charge in [0.25, 0.3) is 0 Å². The van der Waals surface area contributed by atoms with Crippen LogP contribution in [0.4, 0.5) is 13.2 Å². The molecule has 2 aromatic carbocycles. The summed E-state index contributed by atoms with van der Waals surface area (Å²) in [6, 6.07) is 11.5. The molecule has 39 heavy (non-hydrogen) atoms. The second-order valence-electron chi connectivity index (χ2n) is 7.68. The van der Waals surface area contributed by atoms with E-state index in [-0.39, 0.29) is 86.9 Å². The number of aryl methyl sites for hydroxylation is 1. The van der Waals surface area contributed by atoms with E-state index < -0.39 is 11.7 Å². The summed E-state index contributed by atoms with van der Waals surface area (Å²) in [6.45, 7) is 4.01. The van der Waals surface area contributed by atoms with Crippen molar-refractivity contribution in [1.82, 2.24) is 0 Å². The summed E-state index contributed by atoms with van der Waals surface area (Å²) >= 11 is 0. The molecule has 0 aromatic heterocycles. The third-order valence-corrected chi connectivity index (χ3v) is 4.67. The van der Waals surface area contributed by atoms with Crippen LogP contribution < -0.4 is 68.6 Å². The predicted molar refractivity (Wildman–Crippen MR) is 146 cm³/mol. The zero-order valence-corrected chi connectivity index (χ0v) is 25.9. The molecule has 8 N–H and O–H groups in total. The van der Waals surface area contributed by atoms with Crippen LogP contribution in [0.15, 0.2) is 64.8 Å². The third kappa shape index (κ3) is 14.5. The Morgan fingerprint density at radius 3 is 2.21 bits per heavy atom. The molecule has 0 heterocycles. The summed E-state index contributed by atoms with van der Waals surface area (Å²) < 4.78 is 35.4. The van der Waals surface area contributed by atoms with E-state index in [9.17, 15) is 18.0 Å². The fourth-order valence-electron chi connectivity index (χ4n) is 2.62. The van der Waals surface area contributed by atoms with Gasteiger partial charge in [0, 0.05) is 23.3 Å². The molecule has 0 radical (unpaired) electrons. The molecule has 0 saturated heterocycles. The summed E-state index contributed by atoms with van der Waals surface area (Å²) in [4.78, 5) is 15.2. The molecule has 2 rings (SSSR count). The predicted octanol–water partition coefficient (Wildman–Crippen LogP) is 0.622. The topological polar surface area (TPSA) is 166 Å². The van der Waals surface area contributed by atoms with E-state index in [1.165, 1.54) is 26.2 Å². The van der Waals surface area contributed by atoms with Crippen LogP contribution in [0.25, 0.3) is 5.32 Å². The van der Waals surface area contributed by atoms with E-state index >= 15 is 0 Å². The van der Waals surface area contributed by atoms with E-state index in [1.807, 2.05) is 13.8 Å². The monoisotopic (exact) mass is 570 g/mol. The number of amidine groups is 2. The van der Waals surface area contributed by atoms with E-state index in [1.54, 1.807) is 24.3 Å². The first-order chi connectivity index (χ1) is 17.9. The number of halogens is 3. The Hall–Kier alpha value is -2.50. The molecule has 0 saturated carbocycles. The summed E-state index contributed by atoms with van der Waals surface area (Å²) in [5.74, 6) is 5.53. The Labute approximate surface area is 270 Å². The van der Waals surface area contributed by atoms with Crippen LogP contribution in [-0.4, -0.2) is 50.3 Å². The quantitative estimate of drug-likeness (QED) is 0.113. The fourth-order valence-corrected chi connectivity index (χ4v) is 2.62. The molecular formula is C27H34F3KN6O2. The minimum absolute atomic E-state index is 0. The van der Waals surface area contributed by atoms with Gasteiger partial charge in [0.05, 0.1) is 11.3 Å². The zero-order chi connectivity index (χ0) is 29.3. The molecule has 0 fully saturated rings. The number of aliphatic imine (C=N–C) groups is 1. The number of rotatable bonds is 6. The first-order valence-corrected chi connectivity index (χ1v) is 11.3. The van der Waals surface area contributed by atoms with Crippen LogP contribution in [0, 0.1) is 30.1 Å². The average Bonchev–Trinajstić information content (AvgIpc) is 2.91. The number of nitrogens with one attached hydrogen (secondary N) is 1. The Bertz CT molecular complexity index is 1170. The van der Waals surface area contributed by atoms with Gasteiger partial charge in [0.2, 0.25) is 0 Å². The van der Waals surface area contributed by atoms with Crippen molar-refractivity contribution in [2.45, 2.75) is 20.0 Å². The van der Waals surface area contributed by atoms with Gasteiger partial charge in [-0.25, -0.2) is 0 Å². The molecule has 0 spiro atoms. The van der Waals surface area contributed by atoms with E-state index in [2.05, 4.69) is 27.9 Å². The van der Waals surface area contributed by atoms with Crippen LogP contribution in [0.2, 0.25) is 0 Å². The number of aldehydes is 1. The number of hydrogen-bond acceptors (Lipinski definition) is 6. The van der Waals surface area contributed by atoms with Gasteiger partial charge < -0.3 is 32.6 Å². The van der Waals surface area contributed by atoms with Gasteiger partial charge in [-0.1, -0.05) is 68.2 Å². The number of carbonyl (C=O) groups excluding carboxylic acids is 1. The minimum atomic E-state index is -4.21. The molecule has 0 aliphatic carbocycles. The molecule has 1 atom stereocenters. The molecule has 0 aliphatic heterocycles. The molecule has 12 heteroatoms. The van der Waals surface area contributed by atoms with Crippen LogP contribution in [0.3, 0.4) is 0 Å². The first kappa shape index (κ1) is 38.6. The van der Waals surface area contributed by atoms with Crippen LogP contribution in [-0.2, 0) is 6.18 Å². The summed E-state index contributed by atoms with van der Waals surface area (Å²) in [7, 11) is 3.02. The number of carbonyl (C=O) groups is 1. The number of nitrogens with zero attached hydrogens (tertiary/aromatic N) is 2. The second kappa shape index (κ2) is 20.4. The number of aliphatic hydroxyl groups excluding tert-OH is 1. The largest absolute Gasteiger partial charge is 1.00 e. The number of benzene rings is 2. The van der Waals surface area contributed by atoms with Gasteiger partial charge in [-0.2, -0.15) is 13.2 Å². The van der Waals surface area contributed by atoms with Crippen molar-refractivity contribution in [3.05, 3.63) is 87.4 Å². The smallest absolute Gasteiger partial charge is 0.468 e. The molecule has 0 amide bonds. The van der Waals surface area contributed by atoms with Crippen LogP contribution in [0.5, 0.6) is 0 Å². The normalized spacial score (nSPS) is 11.9. The molecule has 8 nitrogen and oxygen atoms in total. The maximum Gasteiger partial charge on any atom is 1.00 e. The van der Waals surface area contributed by atoms with Crippen molar-refractivity contribution >= 4 is 18.0 Å². The maximum absolute atomic E-state index is 11.8. The fraction of sp³-hybridized carbons (Fsp3) is 0.296. The number of aliphatic hydroxyl groups is 1. The number of nitrogens with two attached hydrogens (primary N) is 3. The third-order valence-electron chi connectivity index (χ3n) is 4.67. The summed E-state index contributed by atoms with van der Waals surface area (Å²) in [5, 5.41) is 20.9. The Morgan fingerprint density at radius 2 is 1.77 bits per heavy atom. The average molecular weight is 571 g/mol. The van der Waals surface area contributed by atoms with Crippen molar-refractivity contribution in [2.75, 3.05) is 27.2 Å². The molecule has 2 aromatic rings. The standard InChI is InChI=1S/C19H24N5O2.C7H5F3.CH5N.K/c1-12(10-25)9-24-19(23-3)17(18(21)22)16(20)7-6-15-8-14(11-26)5-4-13(15)2;8-7(9,10)6-4-2-1-3-5-6;1-2;/h4-5,8,11-12,25H,9-10H2,1-3H3,(H5-,20,21,22,23,24);1-5H;2H2,1H3;/q-1;;;+1/t12-;;;/m0.../s1. The second-order valence-corrected chi connectivity index (χ2v) is 7.68. The summed E-state index contributed by atoms with van der Waals surface area (Å²) in [5.41, 5.74) is 17.8. The van der Waals surface area contributed by atoms with Gasteiger partial charge >= 0.3 is 57.6 Å². The molecule has 0 unspecified atom stereocenters. The summed E-state index contributed by atoms with van der Waals surface area (Å²) in [6.07, 6.45) is -3.46. The maximum atomic E-state index is 11.8.